The van der Waals surface area contributed by atoms with E-state index >= 15 is 0 Å². The van der Waals surface area contributed by atoms with Gasteiger partial charge >= 0.3 is 0 Å². The Balaban J connectivity index is 2.05. The number of nitrogens with zero attached hydrogens (tertiary/aromatic N) is 1. The van der Waals surface area contributed by atoms with E-state index in [0.29, 0.717) is 13.1 Å². The summed E-state index contributed by atoms with van der Waals surface area (Å²) < 4.78 is 31.9. The summed E-state index contributed by atoms with van der Waals surface area (Å²) in [7, 11) is -1.87. The molecule has 0 radical (unpaired) electrons. The summed E-state index contributed by atoms with van der Waals surface area (Å²) in [5, 5.41) is 2.96. The molecule has 0 spiro atoms. The second-order valence-electron chi connectivity index (χ2n) is 6.93. The van der Waals surface area contributed by atoms with E-state index in [9.17, 15) is 13.2 Å². The molecular weight excluding hydrogens is 388 g/mol. The van der Waals surface area contributed by atoms with Crippen molar-refractivity contribution in [3.63, 3.8) is 0 Å². The molecule has 6 nitrogen and oxygen atoms in total. The number of aryl methyl sites for hydroxylation is 1. The Morgan fingerprint density at radius 3 is 2.28 bits per heavy atom. The zero-order valence-corrected chi connectivity index (χ0v) is 18.5. The van der Waals surface area contributed by atoms with Crippen molar-refractivity contribution in [3.05, 3.63) is 59.2 Å². The fraction of sp³-hybridized carbons (Fsp3) is 0.409. The first kappa shape index (κ1) is 22.9. The molecule has 0 heterocycles. The van der Waals surface area contributed by atoms with Crippen molar-refractivity contribution in [2.24, 2.45) is 0 Å². The fourth-order valence-electron chi connectivity index (χ4n) is 3.18. The van der Waals surface area contributed by atoms with Gasteiger partial charge in [-0.1, -0.05) is 38.1 Å². The molecule has 0 unspecified atom stereocenters. The standard InChI is InChI=1S/C22H30N2O4S/c1-6-24(7-2)29(26,27)20-12-10-19(11-13-20)17(4)23-22(25)15-18-9-8-16(3)21(14-18)28-5/h8-14,17H,6-7,15H2,1-5H3,(H,23,25)/t17-/m1/s1. The van der Waals surface area contributed by atoms with Crippen LogP contribution in [0.3, 0.4) is 0 Å². The zero-order valence-electron chi connectivity index (χ0n) is 17.7. The lowest BCUT2D eigenvalue weighted by Crippen LogP contribution is -2.30. The Labute approximate surface area is 173 Å². The van der Waals surface area contributed by atoms with Crippen molar-refractivity contribution in [2.45, 2.75) is 45.1 Å². The average molecular weight is 419 g/mol. The SMILES string of the molecule is CCN(CC)S(=O)(=O)c1ccc([C@@H](C)NC(=O)Cc2ccc(C)c(OC)c2)cc1. The molecule has 0 saturated carbocycles. The van der Waals surface area contributed by atoms with Crippen LogP contribution in [0.15, 0.2) is 47.4 Å². The van der Waals surface area contributed by atoms with Gasteiger partial charge < -0.3 is 10.1 Å². The molecule has 2 aromatic carbocycles. The van der Waals surface area contributed by atoms with Gasteiger partial charge in [0.15, 0.2) is 0 Å². The van der Waals surface area contributed by atoms with E-state index in [4.69, 9.17) is 4.74 Å². The number of methoxy groups -OCH3 is 1. The third kappa shape index (κ3) is 5.58. The Morgan fingerprint density at radius 2 is 1.72 bits per heavy atom. The molecule has 0 fully saturated rings. The molecular formula is C22H30N2O4S. The van der Waals surface area contributed by atoms with Crippen LogP contribution in [0, 0.1) is 6.92 Å². The maximum absolute atomic E-state index is 12.6. The smallest absolute Gasteiger partial charge is 0.243 e. The third-order valence-electron chi connectivity index (χ3n) is 4.94. The van der Waals surface area contributed by atoms with Crippen LogP contribution in [0.5, 0.6) is 5.75 Å². The van der Waals surface area contributed by atoms with E-state index in [1.54, 1.807) is 31.4 Å². The van der Waals surface area contributed by atoms with Gasteiger partial charge in [-0.05, 0) is 48.7 Å². The molecule has 1 atom stereocenters. The Hall–Kier alpha value is -2.38. The number of ether oxygens (including phenoxy) is 1. The first-order valence-corrected chi connectivity index (χ1v) is 11.2. The molecule has 0 aliphatic heterocycles. The van der Waals surface area contributed by atoms with Crippen LogP contribution in [-0.4, -0.2) is 38.8 Å². The largest absolute Gasteiger partial charge is 0.496 e. The molecule has 0 aliphatic carbocycles. The molecule has 29 heavy (non-hydrogen) atoms. The maximum atomic E-state index is 12.6. The van der Waals surface area contributed by atoms with E-state index in [1.165, 1.54) is 4.31 Å². The lowest BCUT2D eigenvalue weighted by molar-refractivity contribution is -0.121. The maximum Gasteiger partial charge on any atom is 0.243 e. The number of rotatable bonds is 9. The van der Waals surface area contributed by atoms with Gasteiger partial charge in [0.2, 0.25) is 15.9 Å². The minimum Gasteiger partial charge on any atom is -0.496 e. The number of hydrogen-bond acceptors (Lipinski definition) is 4. The molecule has 1 N–H and O–H groups in total. The van der Waals surface area contributed by atoms with E-state index in [0.717, 1.165) is 22.4 Å². The Bertz CT molecular complexity index is 936. The number of benzene rings is 2. The predicted octanol–water partition coefficient (Wildman–Crippen LogP) is 3.45. The number of carbonyl (C=O) groups is 1. The van der Waals surface area contributed by atoms with Gasteiger partial charge in [0.05, 0.1) is 24.5 Å². The normalized spacial score (nSPS) is 12.6. The van der Waals surface area contributed by atoms with Crippen LogP contribution in [-0.2, 0) is 21.2 Å². The summed E-state index contributed by atoms with van der Waals surface area (Å²) in [6.07, 6.45) is 0.245. The molecule has 0 saturated heterocycles. The van der Waals surface area contributed by atoms with Crippen LogP contribution in [0.1, 0.15) is 43.5 Å². The van der Waals surface area contributed by atoms with Crippen LogP contribution in [0.25, 0.3) is 0 Å². The molecule has 0 bridgehead atoms. The summed E-state index contributed by atoms with van der Waals surface area (Å²) in [6, 6.07) is 12.2. The zero-order chi connectivity index (χ0) is 21.6. The quantitative estimate of drug-likeness (QED) is 0.677. The summed E-state index contributed by atoms with van der Waals surface area (Å²) in [5.74, 6) is 0.650. The predicted molar refractivity (Wildman–Crippen MR) is 115 cm³/mol. The number of amides is 1. The van der Waals surface area contributed by atoms with Crippen molar-refractivity contribution in [2.75, 3.05) is 20.2 Å². The fourth-order valence-corrected chi connectivity index (χ4v) is 4.63. The minimum atomic E-state index is -3.48. The summed E-state index contributed by atoms with van der Waals surface area (Å²) in [6.45, 7) is 8.32. The van der Waals surface area contributed by atoms with Crippen LogP contribution in [0.4, 0.5) is 0 Å². The van der Waals surface area contributed by atoms with Gasteiger partial charge in [0, 0.05) is 13.1 Å². The molecule has 2 aromatic rings. The second-order valence-corrected chi connectivity index (χ2v) is 8.87. The highest BCUT2D eigenvalue weighted by molar-refractivity contribution is 7.89. The first-order valence-electron chi connectivity index (χ1n) is 9.75. The van der Waals surface area contributed by atoms with E-state index in [-0.39, 0.29) is 23.3 Å². The van der Waals surface area contributed by atoms with Crippen molar-refractivity contribution >= 4 is 15.9 Å². The van der Waals surface area contributed by atoms with Crippen molar-refractivity contribution in [1.29, 1.82) is 0 Å². The van der Waals surface area contributed by atoms with Crippen LogP contribution >= 0.6 is 0 Å². The van der Waals surface area contributed by atoms with E-state index in [1.807, 2.05) is 45.9 Å². The van der Waals surface area contributed by atoms with Gasteiger partial charge in [0.1, 0.15) is 5.75 Å². The van der Waals surface area contributed by atoms with Crippen LogP contribution in [0.2, 0.25) is 0 Å². The second kappa shape index (κ2) is 9.89. The topological polar surface area (TPSA) is 75.7 Å². The molecule has 0 aromatic heterocycles. The number of nitrogens with one attached hydrogen (secondary N) is 1. The number of sulfonamides is 1. The first-order chi connectivity index (χ1) is 13.7. The van der Waals surface area contributed by atoms with Crippen molar-refractivity contribution in [1.82, 2.24) is 9.62 Å². The van der Waals surface area contributed by atoms with Gasteiger partial charge in [-0.2, -0.15) is 4.31 Å². The number of carbonyl (C=O) groups excluding carboxylic acids is 1. The van der Waals surface area contributed by atoms with Gasteiger partial charge in [0.25, 0.3) is 0 Å². The third-order valence-corrected chi connectivity index (χ3v) is 7.00. The Morgan fingerprint density at radius 1 is 1.10 bits per heavy atom. The average Bonchev–Trinajstić information content (AvgIpc) is 2.70. The molecule has 2 rings (SSSR count). The molecule has 1 amide bonds. The Kier molecular flexibility index (Phi) is 7.81. The molecule has 0 aliphatic rings. The highest BCUT2D eigenvalue weighted by Crippen LogP contribution is 2.21. The van der Waals surface area contributed by atoms with E-state index in [2.05, 4.69) is 5.32 Å². The van der Waals surface area contributed by atoms with Gasteiger partial charge in [-0.15, -0.1) is 0 Å². The van der Waals surface area contributed by atoms with Gasteiger partial charge in [-0.25, -0.2) is 8.42 Å². The summed E-state index contributed by atoms with van der Waals surface area (Å²) >= 11 is 0. The lowest BCUT2D eigenvalue weighted by atomic mass is 10.1. The van der Waals surface area contributed by atoms with Crippen LogP contribution < -0.4 is 10.1 Å². The van der Waals surface area contributed by atoms with Crippen molar-refractivity contribution in [3.8, 4) is 5.75 Å². The molecule has 158 valence electrons. The summed E-state index contributed by atoms with van der Waals surface area (Å²) in [5.41, 5.74) is 2.74. The monoisotopic (exact) mass is 418 g/mol. The highest BCUT2D eigenvalue weighted by Gasteiger charge is 2.21. The lowest BCUT2D eigenvalue weighted by Gasteiger charge is -2.19. The van der Waals surface area contributed by atoms with E-state index < -0.39 is 10.0 Å². The molecule has 7 heteroatoms. The highest BCUT2D eigenvalue weighted by atomic mass is 32.2. The van der Waals surface area contributed by atoms with Crippen molar-refractivity contribution < 1.29 is 17.9 Å². The number of hydrogen-bond donors (Lipinski definition) is 1. The minimum absolute atomic E-state index is 0.108. The summed E-state index contributed by atoms with van der Waals surface area (Å²) in [4.78, 5) is 12.7. The van der Waals surface area contributed by atoms with Gasteiger partial charge in [-0.3, -0.25) is 4.79 Å².